The highest BCUT2D eigenvalue weighted by Crippen LogP contribution is 2.10. The molecule has 166 valence electrons. The van der Waals surface area contributed by atoms with E-state index in [1.165, 1.54) is 6.92 Å². The van der Waals surface area contributed by atoms with Crippen molar-refractivity contribution in [1.29, 1.82) is 0 Å². The lowest BCUT2D eigenvalue weighted by atomic mass is 9.97. The molecule has 0 aliphatic carbocycles. The average molecular weight is 418 g/mol. The standard InChI is InChI=1S/C17H30N4O8/c1-4-8(2)13(16(27)21-14(9(3)22)17(28)29)20-15(26)10(5-6-12(24)25)19-11(23)7-18/h8-10,13-14,22H,4-7,18H2,1-3H3,(H,19,23)(H,20,26)(H,21,27)(H,24,25)(H,28,29). The van der Waals surface area contributed by atoms with Crippen molar-refractivity contribution in [3.8, 4) is 0 Å². The number of nitrogens with one attached hydrogen (secondary N) is 3. The van der Waals surface area contributed by atoms with Crippen LogP contribution in [-0.4, -0.2) is 75.8 Å². The minimum absolute atomic E-state index is 0.229. The molecule has 0 aromatic rings. The van der Waals surface area contributed by atoms with Gasteiger partial charge in [0.1, 0.15) is 12.1 Å². The van der Waals surface area contributed by atoms with E-state index >= 15 is 0 Å². The van der Waals surface area contributed by atoms with Crippen LogP contribution in [0.5, 0.6) is 0 Å². The molecule has 0 fully saturated rings. The number of aliphatic carboxylic acids is 2. The van der Waals surface area contributed by atoms with E-state index in [1.54, 1.807) is 13.8 Å². The van der Waals surface area contributed by atoms with E-state index in [4.69, 9.17) is 15.9 Å². The summed E-state index contributed by atoms with van der Waals surface area (Å²) in [5.41, 5.74) is 5.20. The number of hydrogen-bond acceptors (Lipinski definition) is 7. The molecule has 0 spiro atoms. The van der Waals surface area contributed by atoms with Gasteiger partial charge in [-0.25, -0.2) is 4.79 Å². The Morgan fingerprint density at radius 1 is 0.931 bits per heavy atom. The molecule has 0 aliphatic heterocycles. The van der Waals surface area contributed by atoms with Gasteiger partial charge in [0.25, 0.3) is 0 Å². The number of carboxylic acid groups (broad SMARTS) is 2. The molecule has 0 saturated carbocycles. The quantitative estimate of drug-likeness (QED) is 0.172. The van der Waals surface area contributed by atoms with Gasteiger partial charge in [0.15, 0.2) is 6.04 Å². The van der Waals surface area contributed by atoms with Gasteiger partial charge in [-0.15, -0.1) is 0 Å². The van der Waals surface area contributed by atoms with Gasteiger partial charge in [-0.1, -0.05) is 20.3 Å². The van der Waals surface area contributed by atoms with E-state index < -0.39 is 72.8 Å². The Morgan fingerprint density at radius 2 is 1.48 bits per heavy atom. The Labute approximate surface area is 168 Å². The number of aliphatic hydroxyl groups excluding tert-OH is 1. The molecule has 0 saturated heterocycles. The molecule has 0 radical (unpaired) electrons. The van der Waals surface area contributed by atoms with Gasteiger partial charge in [0.2, 0.25) is 17.7 Å². The fourth-order valence-corrected chi connectivity index (χ4v) is 2.38. The Morgan fingerprint density at radius 3 is 1.90 bits per heavy atom. The Bertz CT molecular complexity index is 610. The predicted molar refractivity (Wildman–Crippen MR) is 100 cm³/mol. The molecule has 8 N–H and O–H groups in total. The first-order chi connectivity index (χ1) is 13.4. The van der Waals surface area contributed by atoms with Crippen LogP contribution in [0.1, 0.15) is 40.0 Å². The number of carbonyl (C=O) groups is 5. The summed E-state index contributed by atoms with van der Waals surface area (Å²) in [6.07, 6.45) is -1.57. The van der Waals surface area contributed by atoms with Gasteiger partial charge in [-0.05, 0) is 19.3 Å². The largest absolute Gasteiger partial charge is 0.481 e. The van der Waals surface area contributed by atoms with Crippen molar-refractivity contribution < 1.29 is 39.3 Å². The van der Waals surface area contributed by atoms with E-state index in [0.717, 1.165) is 0 Å². The van der Waals surface area contributed by atoms with E-state index in [0.29, 0.717) is 6.42 Å². The zero-order valence-electron chi connectivity index (χ0n) is 16.7. The monoisotopic (exact) mass is 418 g/mol. The number of nitrogens with two attached hydrogens (primary N) is 1. The Balaban J connectivity index is 5.45. The summed E-state index contributed by atoms with van der Waals surface area (Å²) in [6.45, 7) is 4.17. The SMILES string of the molecule is CCC(C)C(NC(=O)C(CCC(=O)O)NC(=O)CN)C(=O)NC(C(=O)O)C(C)O. The highest BCUT2D eigenvalue weighted by molar-refractivity contribution is 5.94. The smallest absolute Gasteiger partial charge is 0.328 e. The summed E-state index contributed by atoms with van der Waals surface area (Å²) in [6, 6.07) is -3.99. The van der Waals surface area contributed by atoms with Crippen molar-refractivity contribution in [2.24, 2.45) is 11.7 Å². The van der Waals surface area contributed by atoms with Crippen LogP contribution in [0.2, 0.25) is 0 Å². The molecule has 0 bridgehead atoms. The van der Waals surface area contributed by atoms with Crippen LogP contribution in [-0.2, 0) is 24.0 Å². The minimum Gasteiger partial charge on any atom is -0.481 e. The molecule has 5 unspecified atom stereocenters. The van der Waals surface area contributed by atoms with Gasteiger partial charge < -0.3 is 37.0 Å². The van der Waals surface area contributed by atoms with Crippen LogP contribution in [0.25, 0.3) is 0 Å². The zero-order valence-corrected chi connectivity index (χ0v) is 16.7. The van der Waals surface area contributed by atoms with Crippen molar-refractivity contribution in [3.63, 3.8) is 0 Å². The molecule has 12 nitrogen and oxygen atoms in total. The van der Waals surface area contributed by atoms with Crippen LogP contribution in [0.15, 0.2) is 0 Å². The first kappa shape index (κ1) is 26.3. The Hall–Kier alpha value is -2.73. The third kappa shape index (κ3) is 9.34. The maximum atomic E-state index is 12.6. The van der Waals surface area contributed by atoms with Crippen molar-refractivity contribution in [2.75, 3.05) is 6.54 Å². The number of hydrogen-bond donors (Lipinski definition) is 7. The summed E-state index contributed by atoms with van der Waals surface area (Å²) < 4.78 is 0. The molecule has 12 heteroatoms. The number of carbonyl (C=O) groups excluding carboxylic acids is 3. The predicted octanol–water partition coefficient (Wildman–Crippen LogP) is -2.22. The number of amides is 3. The summed E-state index contributed by atoms with van der Waals surface area (Å²) >= 11 is 0. The molecular formula is C17H30N4O8. The van der Waals surface area contributed by atoms with E-state index in [-0.39, 0.29) is 6.42 Å². The van der Waals surface area contributed by atoms with Crippen LogP contribution in [0, 0.1) is 5.92 Å². The molecule has 3 amide bonds. The third-order valence-corrected chi connectivity index (χ3v) is 4.32. The zero-order chi connectivity index (χ0) is 22.7. The van der Waals surface area contributed by atoms with Gasteiger partial charge in [-0.3, -0.25) is 19.2 Å². The summed E-state index contributed by atoms with van der Waals surface area (Å²) in [7, 11) is 0. The van der Waals surface area contributed by atoms with E-state index in [1.807, 2.05) is 0 Å². The number of rotatable bonds is 13. The van der Waals surface area contributed by atoms with Gasteiger partial charge >= 0.3 is 11.9 Å². The Kier molecular flexibility index (Phi) is 11.5. The third-order valence-electron chi connectivity index (χ3n) is 4.32. The molecule has 0 rings (SSSR count). The van der Waals surface area contributed by atoms with Crippen molar-refractivity contribution in [1.82, 2.24) is 16.0 Å². The lowest BCUT2D eigenvalue weighted by Crippen LogP contribution is -2.59. The number of carboxylic acids is 2. The summed E-state index contributed by atoms with van der Waals surface area (Å²) in [5.74, 6) is -5.37. The van der Waals surface area contributed by atoms with Crippen LogP contribution in [0.3, 0.4) is 0 Å². The average Bonchev–Trinajstić information content (AvgIpc) is 2.65. The summed E-state index contributed by atoms with van der Waals surface area (Å²) in [5, 5.41) is 34.4. The van der Waals surface area contributed by atoms with E-state index in [9.17, 15) is 29.1 Å². The normalized spacial score (nSPS) is 15.9. The molecule has 0 heterocycles. The molecule has 29 heavy (non-hydrogen) atoms. The molecular weight excluding hydrogens is 388 g/mol. The first-order valence-electron chi connectivity index (χ1n) is 9.17. The molecule has 5 atom stereocenters. The fraction of sp³-hybridized carbons (Fsp3) is 0.706. The van der Waals surface area contributed by atoms with Gasteiger partial charge in [0, 0.05) is 6.42 Å². The second-order valence-electron chi connectivity index (χ2n) is 6.69. The highest BCUT2D eigenvalue weighted by atomic mass is 16.4. The first-order valence-corrected chi connectivity index (χ1v) is 9.17. The minimum atomic E-state index is -1.58. The van der Waals surface area contributed by atoms with Crippen molar-refractivity contribution >= 4 is 29.7 Å². The number of aliphatic hydroxyl groups is 1. The molecule has 0 aromatic carbocycles. The maximum Gasteiger partial charge on any atom is 0.328 e. The topological polar surface area (TPSA) is 208 Å². The van der Waals surface area contributed by atoms with Crippen LogP contribution in [0.4, 0.5) is 0 Å². The lowest BCUT2D eigenvalue weighted by Gasteiger charge is -2.28. The molecule has 0 aliphatic rings. The van der Waals surface area contributed by atoms with Crippen molar-refractivity contribution in [3.05, 3.63) is 0 Å². The second kappa shape index (κ2) is 12.7. The van der Waals surface area contributed by atoms with Crippen LogP contribution < -0.4 is 21.7 Å². The maximum absolute atomic E-state index is 12.6. The van der Waals surface area contributed by atoms with Gasteiger partial charge in [-0.2, -0.15) is 0 Å². The summed E-state index contributed by atoms with van der Waals surface area (Å²) in [4.78, 5) is 58.7. The lowest BCUT2D eigenvalue weighted by molar-refractivity contribution is -0.145. The second-order valence-corrected chi connectivity index (χ2v) is 6.69. The van der Waals surface area contributed by atoms with E-state index in [2.05, 4.69) is 16.0 Å². The molecule has 0 aromatic heterocycles. The van der Waals surface area contributed by atoms with Gasteiger partial charge in [0.05, 0.1) is 12.6 Å². The fourth-order valence-electron chi connectivity index (χ4n) is 2.38. The van der Waals surface area contributed by atoms with Crippen LogP contribution >= 0.6 is 0 Å². The van der Waals surface area contributed by atoms with Crippen molar-refractivity contribution in [2.45, 2.75) is 64.3 Å². The highest BCUT2D eigenvalue weighted by Gasteiger charge is 2.33.